The number of rotatable bonds is 11. The Morgan fingerprint density at radius 2 is 1.69 bits per heavy atom. The molecule has 0 aromatic heterocycles. The van der Waals surface area contributed by atoms with Crippen molar-refractivity contribution < 1.29 is 36.6 Å². The number of carbonyl (C=O) groups excluding carboxylic acids is 1. The molecule has 2 fully saturated rings. The van der Waals surface area contributed by atoms with Crippen molar-refractivity contribution in [2.45, 2.75) is 68.7 Å². The van der Waals surface area contributed by atoms with Gasteiger partial charge < -0.3 is 25.2 Å². The largest absolute Gasteiger partial charge is 0.506 e. The Hall–Kier alpha value is -2.91. The Kier molecular flexibility index (Phi) is 10.0. The smallest absolute Gasteiger partial charge is 0.324 e. The number of nitrogens with one attached hydrogen (secondary N) is 2. The predicted octanol–water partition coefficient (Wildman–Crippen LogP) is 2.16. The van der Waals surface area contributed by atoms with Crippen LogP contribution in [0.3, 0.4) is 0 Å². The summed E-state index contributed by atoms with van der Waals surface area (Å²) in [4.78, 5) is 14.8. The van der Waals surface area contributed by atoms with Crippen molar-refractivity contribution in [3.8, 4) is 5.75 Å². The fraction of sp³-hybridized carbons (Fsp3) is 0.536. The molecule has 4 rings (SSSR count). The van der Waals surface area contributed by atoms with Crippen molar-refractivity contribution in [1.29, 1.82) is 0 Å². The monoisotopic (exact) mass is 624 g/mol. The van der Waals surface area contributed by atoms with Crippen molar-refractivity contribution in [1.82, 2.24) is 9.62 Å². The number of sulfonamides is 2. The molecule has 4 N–H and O–H groups in total. The SMILES string of the molecule is CC(C)OC(=O)C1CCCN1S(=O)(=O)c1ccc(N2CCC(NCC(O)c3ccc(O)c(NS(C)(=O)=O)c3)CC2)cc1. The molecule has 0 saturated carbocycles. The number of phenols is 1. The van der Waals surface area contributed by atoms with Crippen LogP contribution in [0, 0.1) is 0 Å². The normalized spacial score (nSPS) is 19.6. The van der Waals surface area contributed by atoms with Gasteiger partial charge in [-0.2, -0.15) is 4.31 Å². The number of aliphatic hydroxyl groups excluding tert-OH is 1. The Morgan fingerprint density at radius 3 is 2.31 bits per heavy atom. The zero-order valence-corrected chi connectivity index (χ0v) is 25.7. The van der Waals surface area contributed by atoms with E-state index in [1.165, 1.54) is 16.4 Å². The molecule has 42 heavy (non-hydrogen) atoms. The van der Waals surface area contributed by atoms with Gasteiger partial charge in [0.1, 0.15) is 11.8 Å². The molecular formula is C28H40N4O8S2. The van der Waals surface area contributed by atoms with Gasteiger partial charge in [-0.05, 0) is 81.5 Å². The van der Waals surface area contributed by atoms with Crippen LogP contribution in [-0.4, -0.2) is 87.9 Å². The Labute approximate surface area is 247 Å². The lowest BCUT2D eigenvalue weighted by atomic mass is 10.0. The van der Waals surface area contributed by atoms with Gasteiger partial charge in [-0.25, -0.2) is 16.8 Å². The third-order valence-electron chi connectivity index (χ3n) is 7.43. The Morgan fingerprint density at radius 1 is 1.02 bits per heavy atom. The molecular weight excluding hydrogens is 584 g/mol. The van der Waals surface area contributed by atoms with Crippen LogP contribution in [0.15, 0.2) is 47.4 Å². The molecule has 2 aromatic rings. The quantitative estimate of drug-likeness (QED) is 0.215. The second-order valence-electron chi connectivity index (χ2n) is 11.1. The number of anilines is 2. The molecule has 0 aliphatic carbocycles. The second-order valence-corrected chi connectivity index (χ2v) is 14.7. The van der Waals surface area contributed by atoms with Gasteiger partial charge in [0.05, 0.1) is 29.0 Å². The van der Waals surface area contributed by atoms with Crippen molar-refractivity contribution in [3.63, 3.8) is 0 Å². The van der Waals surface area contributed by atoms with Gasteiger partial charge in [0.25, 0.3) is 0 Å². The lowest BCUT2D eigenvalue weighted by Crippen LogP contribution is -2.43. The van der Waals surface area contributed by atoms with E-state index in [-0.39, 0.29) is 41.6 Å². The molecule has 12 nitrogen and oxygen atoms in total. The van der Waals surface area contributed by atoms with Crippen molar-refractivity contribution in [2.75, 3.05) is 42.1 Å². The minimum absolute atomic E-state index is 0.00931. The first-order valence-corrected chi connectivity index (χ1v) is 17.4. The van der Waals surface area contributed by atoms with Gasteiger partial charge in [-0.15, -0.1) is 0 Å². The first-order chi connectivity index (χ1) is 19.7. The van der Waals surface area contributed by atoms with Crippen LogP contribution in [0.4, 0.5) is 11.4 Å². The van der Waals surface area contributed by atoms with Gasteiger partial charge in [0.15, 0.2) is 0 Å². The first-order valence-electron chi connectivity index (χ1n) is 14.0. The van der Waals surface area contributed by atoms with Crippen LogP contribution < -0.4 is 14.9 Å². The summed E-state index contributed by atoms with van der Waals surface area (Å²) in [5, 5.41) is 23.9. The zero-order chi connectivity index (χ0) is 30.7. The van der Waals surface area contributed by atoms with Gasteiger partial charge in [-0.1, -0.05) is 6.07 Å². The molecule has 0 radical (unpaired) electrons. The molecule has 232 valence electrons. The Bertz CT molecular complexity index is 1460. The number of piperidine rings is 1. The molecule has 2 atom stereocenters. The summed E-state index contributed by atoms with van der Waals surface area (Å²) in [6.07, 6.45) is 2.42. The molecule has 2 aromatic carbocycles. The summed E-state index contributed by atoms with van der Waals surface area (Å²) in [7, 11) is -7.43. The van der Waals surface area contributed by atoms with Crippen LogP contribution in [0.2, 0.25) is 0 Å². The number of esters is 1. The summed E-state index contributed by atoms with van der Waals surface area (Å²) >= 11 is 0. The number of hydrogen-bond acceptors (Lipinski definition) is 10. The molecule has 2 heterocycles. The average Bonchev–Trinajstić information content (AvgIpc) is 3.44. The minimum Gasteiger partial charge on any atom is -0.506 e. The van der Waals surface area contributed by atoms with E-state index < -0.39 is 38.2 Å². The van der Waals surface area contributed by atoms with Crippen molar-refractivity contribution in [3.05, 3.63) is 48.0 Å². The molecule has 0 spiro atoms. The van der Waals surface area contributed by atoms with Crippen molar-refractivity contribution in [2.24, 2.45) is 0 Å². The summed E-state index contributed by atoms with van der Waals surface area (Å²) in [6.45, 7) is 5.48. The van der Waals surface area contributed by atoms with Crippen LogP contribution in [-0.2, 0) is 29.6 Å². The number of hydrogen-bond donors (Lipinski definition) is 4. The molecule has 2 aliphatic heterocycles. The van der Waals surface area contributed by atoms with Crippen LogP contribution in [0.1, 0.15) is 51.2 Å². The van der Waals surface area contributed by atoms with E-state index in [0.717, 1.165) is 37.9 Å². The number of aliphatic hydroxyl groups is 1. The highest BCUT2D eigenvalue weighted by Crippen LogP contribution is 2.30. The number of carbonyl (C=O) groups is 1. The number of ether oxygens (including phenoxy) is 1. The minimum atomic E-state index is -3.84. The van der Waals surface area contributed by atoms with E-state index in [1.807, 2.05) is 0 Å². The topological polar surface area (TPSA) is 166 Å². The van der Waals surface area contributed by atoms with Gasteiger partial charge in [0, 0.05) is 37.9 Å². The van der Waals surface area contributed by atoms with Gasteiger partial charge in [-0.3, -0.25) is 9.52 Å². The number of phenolic OH excluding ortho intramolecular Hbond substituents is 1. The van der Waals surface area contributed by atoms with Crippen molar-refractivity contribution >= 4 is 37.4 Å². The molecule has 2 aliphatic rings. The maximum atomic E-state index is 13.3. The predicted molar refractivity (Wildman–Crippen MR) is 159 cm³/mol. The fourth-order valence-corrected chi connectivity index (χ4v) is 7.53. The highest BCUT2D eigenvalue weighted by molar-refractivity contribution is 7.92. The molecule has 0 amide bonds. The lowest BCUT2D eigenvalue weighted by Gasteiger charge is -2.34. The first kappa shape index (κ1) is 32.0. The van der Waals surface area contributed by atoms with Crippen LogP contribution >= 0.6 is 0 Å². The number of aromatic hydroxyl groups is 1. The van der Waals surface area contributed by atoms with E-state index in [1.54, 1.807) is 44.2 Å². The van der Waals surface area contributed by atoms with Crippen LogP contribution in [0.25, 0.3) is 0 Å². The van der Waals surface area contributed by atoms with Gasteiger partial charge >= 0.3 is 5.97 Å². The molecule has 2 unspecified atom stereocenters. The summed E-state index contributed by atoms with van der Waals surface area (Å²) in [6, 6.07) is 10.4. The number of nitrogens with zero attached hydrogens (tertiary/aromatic N) is 2. The lowest BCUT2D eigenvalue weighted by molar-refractivity contribution is -0.151. The van der Waals surface area contributed by atoms with E-state index in [0.29, 0.717) is 18.4 Å². The second kappa shape index (κ2) is 13.2. The third kappa shape index (κ3) is 7.92. The fourth-order valence-electron chi connectivity index (χ4n) is 5.32. The van der Waals surface area contributed by atoms with Crippen LogP contribution in [0.5, 0.6) is 5.75 Å². The molecule has 2 saturated heterocycles. The summed E-state index contributed by atoms with van der Waals surface area (Å²) in [5.74, 6) is -0.739. The third-order valence-corrected chi connectivity index (χ3v) is 9.94. The maximum absolute atomic E-state index is 13.3. The van der Waals surface area contributed by atoms with E-state index >= 15 is 0 Å². The van der Waals surface area contributed by atoms with E-state index in [9.17, 15) is 31.8 Å². The van der Waals surface area contributed by atoms with Gasteiger partial charge in [0.2, 0.25) is 20.0 Å². The number of benzene rings is 2. The average molecular weight is 625 g/mol. The maximum Gasteiger partial charge on any atom is 0.324 e. The zero-order valence-electron chi connectivity index (χ0n) is 24.1. The standard InChI is InChI=1S/C28H40N4O8S2/c1-19(2)40-28(35)25-5-4-14-32(25)42(38,39)23-9-7-22(8-10-23)31-15-12-21(13-16-31)29-18-27(34)20-6-11-26(33)24(17-20)30-41(3,36)37/h6-11,17,19,21,25,27,29-30,33-34H,4-5,12-16,18H2,1-3H3. The van der Waals surface area contributed by atoms with E-state index in [4.69, 9.17) is 4.74 Å². The molecule has 0 bridgehead atoms. The summed E-state index contributed by atoms with van der Waals surface area (Å²) < 4.78 is 58.5. The highest BCUT2D eigenvalue weighted by atomic mass is 32.2. The molecule has 14 heteroatoms. The highest BCUT2D eigenvalue weighted by Gasteiger charge is 2.40. The summed E-state index contributed by atoms with van der Waals surface area (Å²) in [5.41, 5.74) is 1.38. The van der Waals surface area contributed by atoms with E-state index in [2.05, 4.69) is 14.9 Å². The Balaban J connectivity index is 1.30.